The topological polar surface area (TPSA) is 147 Å². The average Bonchev–Trinajstić information content (AvgIpc) is 3.76. The molecule has 4 amide bonds. The number of imide groups is 1. The molecule has 4 aliphatic heterocycles. The SMILES string of the molecule is Cn1c(=O)n(C2CCC(=O)NC2=O)c2ccc(CCN3CCC(NC(=O)[C@@H]4NC5(CCCCC5)[C@@]5(C(=O)Nc6cc(Cl)ccc65)[C@H]4c4cccc(Cl)c4F)CC3)cc21. The number of benzene rings is 3. The highest BCUT2D eigenvalue weighted by Gasteiger charge is 2.72. The summed E-state index contributed by atoms with van der Waals surface area (Å²) in [6.45, 7) is 2.29. The van der Waals surface area contributed by atoms with Gasteiger partial charge in [-0.2, -0.15) is 0 Å². The number of hydrogen-bond acceptors (Lipinski definition) is 7. The summed E-state index contributed by atoms with van der Waals surface area (Å²) in [6, 6.07) is 14.2. The van der Waals surface area contributed by atoms with Crippen molar-refractivity contribution < 1.29 is 23.6 Å². The average molecular weight is 831 g/mol. The summed E-state index contributed by atoms with van der Waals surface area (Å²) >= 11 is 12.8. The zero-order valence-electron chi connectivity index (χ0n) is 32.2. The molecule has 4 fully saturated rings. The molecule has 4 aromatic rings. The lowest BCUT2D eigenvalue weighted by atomic mass is 9.55. The van der Waals surface area contributed by atoms with Gasteiger partial charge in [0.2, 0.25) is 23.6 Å². The first-order valence-corrected chi connectivity index (χ1v) is 21.1. The molecule has 15 heteroatoms. The highest BCUT2D eigenvalue weighted by atomic mass is 35.5. The van der Waals surface area contributed by atoms with Crippen molar-refractivity contribution in [2.24, 2.45) is 7.05 Å². The third kappa shape index (κ3) is 6.19. The standard InChI is InChI=1S/C43H46Cl2FN7O5/c1-51-33-22-24(8-11-31(33)53(41(51)58)32-12-13-34(54)49-38(32)55)14-19-52-20-15-26(16-21-52)47-39(56)37-35(27-6-5-7-29(45)36(27)46)43(42(50-37)17-3-2-4-18-42)28-10-9-25(44)23-30(28)48-40(43)57/h5-11,22-23,26,32,35,37,50H,2-4,12-21H2,1H3,(H,47,56)(H,48,57)(H,49,54,55)/t32?,35-,37+,43+/m0/s1. The van der Waals surface area contributed by atoms with Crippen molar-refractivity contribution in [3.63, 3.8) is 0 Å². The summed E-state index contributed by atoms with van der Waals surface area (Å²) in [5, 5.41) is 12.9. The van der Waals surface area contributed by atoms with Crippen LogP contribution in [0.4, 0.5) is 10.1 Å². The first-order chi connectivity index (χ1) is 27.9. The number of nitrogens with one attached hydrogen (secondary N) is 4. The summed E-state index contributed by atoms with van der Waals surface area (Å²) in [4.78, 5) is 69.2. The molecule has 2 spiro atoms. The summed E-state index contributed by atoms with van der Waals surface area (Å²) in [5.74, 6) is -2.82. The number of likely N-dealkylation sites (tertiary alicyclic amines) is 1. The van der Waals surface area contributed by atoms with Crippen molar-refractivity contribution in [1.82, 2.24) is 30.0 Å². The Morgan fingerprint density at radius 3 is 2.47 bits per heavy atom. The van der Waals surface area contributed by atoms with E-state index in [0.717, 1.165) is 74.8 Å². The van der Waals surface area contributed by atoms with Crippen molar-refractivity contribution in [3.8, 4) is 0 Å². The molecular weight excluding hydrogens is 784 g/mol. The van der Waals surface area contributed by atoms with Crippen LogP contribution in [-0.2, 0) is 38.1 Å². The molecule has 12 nitrogen and oxygen atoms in total. The zero-order valence-corrected chi connectivity index (χ0v) is 33.7. The van der Waals surface area contributed by atoms with Crippen LogP contribution in [-0.4, -0.2) is 74.9 Å². The molecule has 0 radical (unpaired) electrons. The van der Waals surface area contributed by atoms with Gasteiger partial charge in [0, 0.05) is 61.3 Å². The van der Waals surface area contributed by atoms with Crippen LogP contribution >= 0.6 is 23.2 Å². The van der Waals surface area contributed by atoms with Crippen LogP contribution in [0.3, 0.4) is 0 Å². The van der Waals surface area contributed by atoms with Gasteiger partial charge in [0.25, 0.3) is 0 Å². The van der Waals surface area contributed by atoms with E-state index in [2.05, 4.69) is 26.2 Å². The maximum Gasteiger partial charge on any atom is 0.329 e. The fourth-order valence-corrected chi connectivity index (χ4v) is 11.2. The van der Waals surface area contributed by atoms with Gasteiger partial charge in [-0.25, -0.2) is 9.18 Å². The number of piperidine rings is 2. The van der Waals surface area contributed by atoms with Gasteiger partial charge < -0.3 is 15.5 Å². The Morgan fingerprint density at radius 1 is 0.931 bits per heavy atom. The van der Waals surface area contributed by atoms with Gasteiger partial charge in [0.15, 0.2) is 0 Å². The Bertz CT molecular complexity index is 2420. The minimum Gasteiger partial charge on any atom is -0.352 e. The predicted molar refractivity (Wildman–Crippen MR) is 219 cm³/mol. The number of imidazole rings is 1. The van der Waals surface area contributed by atoms with E-state index < -0.39 is 40.7 Å². The Morgan fingerprint density at radius 2 is 1.71 bits per heavy atom. The molecule has 0 bridgehead atoms. The Labute approximate surface area is 344 Å². The van der Waals surface area contributed by atoms with Crippen LogP contribution in [0.5, 0.6) is 0 Å². The number of rotatable bonds is 7. The number of carbonyl (C=O) groups is 4. The minimum atomic E-state index is -1.28. The molecule has 304 valence electrons. The predicted octanol–water partition coefficient (Wildman–Crippen LogP) is 5.24. The largest absolute Gasteiger partial charge is 0.352 e. The third-order valence-corrected chi connectivity index (χ3v) is 14.2. The molecule has 58 heavy (non-hydrogen) atoms. The Balaban J connectivity index is 0.918. The molecular formula is C43H46Cl2FN7O5. The monoisotopic (exact) mass is 829 g/mol. The molecule has 3 saturated heterocycles. The van der Waals surface area contributed by atoms with Crippen molar-refractivity contribution in [1.29, 1.82) is 0 Å². The lowest BCUT2D eigenvalue weighted by Crippen LogP contribution is -2.60. The number of aryl methyl sites for hydroxylation is 1. The number of aromatic nitrogens is 2. The van der Waals surface area contributed by atoms with E-state index in [0.29, 0.717) is 29.1 Å². The quantitative estimate of drug-likeness (QED) is 0.187. The van der Waals surface area contributed by atoms with Crippen LogP contribution in [0.15, 0.2) is 59.4 Å². The number of fused-ring (bicyclic) bond motifs is 4. The number of anilines is 1. The van der Waals surface area contributed by atoms with E-state index in [1.165, 1.54) is 10.6 Å². The maximum absolute atomic E-state index is 16.3. The normalized spacial score (nSPS) is 26.0. The highest BCUT2D eigenvalue weighted by Crippen LogP contribution is 2.62. The number of hydrogen-bond donors (Lipinski definition) is 4. The number of nitrogens with zero attached hydrogens (tertiary/aromatic N) is 3. The first-order valence-electron chi connectivity index (χ1n) is 20.3. The molecule has 5 heterocycles. The fourth-order valence-electron chi connectivity index (χ4n) is 10.9. The van der Waals surface area contributed by atoms with Gasteiger partial charge in [0.1, 0.15) is 17.3 Å². The lowest BCUT2D eigenvalue weighted by molar-refractivity contribution is -0.136. The summed E-state index contributed by atoms with van der Waals surface area (Å²) in [6.07, 6.45) is 6.68. The molecule has 4 atom stereocenters. The number of amides is 4. The van der Waals surface area contributed by atoms with Gasteiger partial charge in [0.05, 0.1) is 22.1 Å². The van der Waals surface area contributed by atoms with E-state index in [-0.39, 0.29) is 52.9 Å². The molecule has 3 aromatic carbocycles. The maximum atomic E-state index is 16.3. The Kier molecular flexibility index (Phi) is 10.0. The van der Waals surface area contributed by atoms with Crippen LogP contribution < -0.4 is 27.0 Å². The second-order valence-corrected chi connectivity index (χ2v) is 17.6. The van der Waals surface area contributed by atoms with E-state index in [4.69, 9.17) is 23.2 Å². The van der Waals surface area contributed by atoms with E-state index in [9.17, 15) is 24.0 Å². The van der Waals surface area contributed by atoms with Gasteiger partial charge >= 0.3 is 5.69 Å². The van der Waals surface area contributed by atoms with Crippen LogP contribution in [0.1, 0.15) is 86.4 Å². The van der Waals surface area contributed by atoms with Gasteiger partial charge in [-0.15, -0.1) is 0 Å². The molecule has 5 aliphatic rings. The molecule has 1 aliphatic carbocycles. The van der Waals surface area contributed by atoms with E-state index in [1.54, 1.807) is 35.9 Å². The smallest absolute Gasteiger partial charge is 0.329 e. The Hall–Kier alpha value is -4.56. The fraction of sp³-hybridized carbons (Fsp3) is 0.465. The molecule has 4 N–H and O–H groups in total. The number of carbonyl (C=O) groups excluding carboxylic acids is 4. The molecule has 1 aromatic heterocycles. The second kappa shape index (κ2) is 14.9. The van der Waals surface area contributed by atoms with Crippen LogP contribution in [0, 0.1) is 5.82 Å². The minimum absolute atomic E-state index is 0.0619. The van der Waals surface area contributed by atoms with E-state index in [1.807, 2.05) is 24.3 Å². The lowest BCUT2D eigenvalue weighted by Gasteiger charge is -2.47. The van der Waals surface area contributed by atoms with Gasteiger partial charge in [-0.1, -0.05) is 66.7 Å². The first kappa shape index (κ1) is 38.9. The molecule has 1 unspecified atom stereocenters. The third-order valence-electron chi connectivity index (χ3n) is 13.6. The summed E-state index contributed by atoms with van der Waals surface area (Å²) in [5.41, 5.74) is 1.59. The van der Waals surface area contributed by atoms with Gasteiger partial charge in [-0.3, -0.25) is 38.9 Å². The molecule has 1 saturated carbocycles. The van der Waals surface area contributed by atoms with Crippen LogP contribution in [0.2, 0.25) is 10.0 Å². The van der Waals surface area contributed by atoms with Crippen LogP contribution in [0.25, 0.3) is 11.0 Å². The summed E-state index contributed by atoms with van der Waals surface area (Å²) < 4.78 is 19.3. The van der Waals surface area contributed by atoms with E-state index >= 15 is 4.39 Å². The number of halogens is 3. The van der Waals surface area contributed by atoms with Crippen molar-refractivity contribution in [2.75, 3.05) is 25.0 Å². The highest BCUT2D eigenvalue weighted by molar-refractivity contribution is 6.31. The molecule has 9 rings (SSSR count). The second-order valence-electron chi connectivity index (χ2n) is 16.7. The van der Waals surface area contributed by atoms with Crippen molar-refractivity contribution >= 4 is 63.6 Å². The summed E-state index contributed by atoms with van der Waals surface area (Å²) in [7, 11) is 1.69. The van der Waals surface area contributed by atoms with Gasteiger partial charge in [-0.05, 0) is 85.5 Å². The van der Waals surface area contributed by atoms with Crippen molar-refractivity contribution in [3.05, 3.63) is 97.6 Å². The van der Waals surface area contributed by atoms with Crippen molar-refractivity contribution in [2.45, 2.75) is 99.2 Å². The zero-order chi connectivity index (χ0) is 40.5.